The first-order valence-electron chi connectivity index (χ1n) is 4.68. The molecule has 76 valence electrons. The molecule has 1 fully saturated rings. The Bertz CT molecular complexity index is 413. The maximum absolute atomic E-state index is 11.7. The molecule has 0 atom stereocenters. The molecular weight excluding hydrogens is 192 g/mol. The minimum Gasteiger partial charge on any atom is -0.389 e. The van der Waals surface area contributed by atoms with Gasteiger partial charge in [0.2, 0.25) is 0 Å². The van der Waals surface area contributed by atoms with Crippen molar-refractivity contribution in [2.75, 3.05) is 13.1 Å². The number of aliphatic hydroxyl groups excluding tert-OH is 1. The molecule has 1 aromatic carbocycles. The number of hydrogen-bond donors (Lipinski definition) is 1. The van der Waals surface area contributed by atoms with Crippen molar-refractivity contribution in [2.24, 2.45) is 0 Å². The molecule has 0 saturated carbocycles. The molecule has 1 aliphatic rings. The zero-order valence-corrected chi connectivity index (χ0v) is 8.05. The molecule has 1 saturated heterocycles. The maximum Gasteiger partial charge on any atom is 0.254 e. The highest BCUT2D eigenvalue weighted by atomic mass is 16.3. The lowest BCUT2D eigenvalue weighted by Gasteiger charge is -2.35. The van der Waals surface area contributed by atoms with Gasteiger partial charge in [0.1, 0.15) is 0 Å². The number of carbonyl (C=O) groups is 1. The van der Waals surface area contributed by atoms with Gasteiger partial charge in [-0.25, -0.2) is 0 Å². The van der Waals surface area contributed by atoms with Crippen molar-refractivity contribution >= 4 is 5.91 Å². The van der Waals surface area contributed by atoms with Gasteiger partial charge in [0, 0.05) is 18.7 Å². The van der Waals surface area contributed by atoms with Gasteiger partial charge in [0.25, 0.3) is 5.91 Å². The number of carbonyl (C=O) groups excluding carboxylic acids is 1. The lowest BCUT2D eigenvalue weighted by atomic mass is 10.1. The highest BCUT2D eigenvalue weighted by Gasteiger charge is 2.29. The molecule has 15 heavy (non-hydrogen) atoms. The fourth-order valence-electron chi connectivity index (χ4n) is 1.49. The Kier molecular flexibility index (Phi) is 2.40. The smallest absolute Gasteiger partial charge is 0.254 e. The summed E-state index contributed by atoms with van der Waals surface area (Å²) in [4.78, 5) is 13.3. The molecular formula is C11H10N2O2. The number of nitriles is 1. The summed E-state index contributed by atoms with van der Waals surface area (Å²) in [6.45, 7) is 0.803. The minimum atomic E-state index is -0.382. The Hall–Kier alpha value is -1.86. The summed E-state index contributed by atoms with van der Waals surface area (Å²) in [7, 11) is 0. The molecule has 0 radical (unpaired) electrons. The third kappa shape index (κ3) is 1.83. The lowest BCUT2D eigenvalue weighted by molar-refractivity contribution is 0.00589. The second kappa shape index (κ2) is 3.71. The average Bonchev–Trinajstić information content (AvgIpc) is 2.24. The normalized spacial score (nSPS) is 15.6. The third-order valence-electron chi connectivity index (χ3n) is 2.41. The number of likely N-dealkylation sites (tertiary alicyclic amines) is 1. The molecule has 0 aliphatic carbocycles. The van der Waals surface area contributed by atoms with Crippen molar-refractivity contribution < 1.29 is 9.90 Å². The number of nitrogens with zero attached hydrogens (tertiary/aromatic N) is 2. The summed E-state index contributed by atoms with van der Waals surface area (Å²) >= 11 is 0. The largest absolute Gasteiger partial charge is 0.389 e. The zero-order chi connectivity index (χ0) is 10.8. The van der Waals surface area contributed by atoms with E-state index in [-0.39, 0.29) is 12.0 Å². The molecule has 2 rings (SSSR count). The molecule has 1 N–H and O–H groups in total. The number of amides is 1. The number of β-amino-alcohol motifs (C(OH)–C–C–N with tert-alkyl or cyclic N) is 1. The predicted octanol–water partition coefficient (Wildman–Crippen LogP) is 0.375. The average molecular weight is 202 g/mol. The Labute approximate surface area is 87.4 Å². The SMILES string of the molecule is N#Cc1ccc(C(=O)N2CC(O)C2)cc1. The van der Waals surface area contributed by atoms with Crippen LogP contribution in [0.4, 0.5) is 0 Å². The summed E-state index contributed by atoms with van der Waals surface area (Å²) in [6.07, 6.45) is -0.382. The van der Waals surface area contributed by atoms with Crippen LogP contribution in [-0.2, 0) is 0 Å². The van der Waals surface area contributed by atoms with Gasteiger partial charge < -0.3 is 10.0 Å². The van der Waals surface area contributed by atoms with E-state index in [1.807, 2.05) is 6.07 Å². The molecule has 0 spiro atoms. The zero-order valence-electron chi connectivity index (χ0n) is 8.05. The molecule has 0 aromatic heterocycles. The van der Waals surface area contributed by atoms with Crippen LogP contribution in [-0.4, -0.2) is 35.1 Å². The fourth-order valence-corrected chi connectivity index (χ4v) is 1.49. The number of aliphatic hydroxyl groups is 1. The van der Waals surface area contributed by atoms with E-state index in [1.165, 1.54) is 0 Å². The second-order valence-electron chi connectivity index (χ2n) is 3.55. The minimum absolute atomic E-state index is 0.0928. The van der Waals surface area contributed by atoms with Gasteiger partial charge in [-0.15, -0.1) is 0 Å². The second-order valence-corrected chi connectivity index (χ2v) is 3.55. The highest BCUT2D eigenvalue weighted by molar-refractivity contribution is 5.94. The van der Waals surface area contributed by atoms with Crippen LogP contribution in [0, 0.1) is 11.3 Å². The van der Waals surface area contributed by atoms with E-state index in [1.54, 1.807) is 29.2 Å². The van der Waals surface area contributed by atoms with Crippen LogP contribution in [0.25, 0.3) is 0 Å². The van der Waals surface area contributed by atoms with Gasteiger partial charge >= 0.3 is 0 Å². The Morgan fingerprint density at radius 1 is 1.40 bits per heavy atom. The van der Waals surface area contributed by atoms with E-state index >= 15 is 0 Å². The van der Waals surface area contributed by atoms with Gasteiger partial charge in [-0.1, -0.05) is 0 Å². The van der Waals surface area contributed by atoms with Crippen LogP contribution in [0.5, 0.6) is 0 Å². The van der Waals surface area contributed by atoms with Crippen molar-refractivity contribution in [1.29, 1.82) is 5.26 Å². The van der Waals surface area contributed by atoms with E-state index in [2.05, 4.69) is 0 Å². The number of benzene rings is 1. The van der Waals surface area contributed by atoms with Crippen LogP contribution in [0.2, 0.25) is 0 Å². The third-order valence-corrected chi connectivity index (χ3v) is 2.41. The molecule has 1 amide bonds. The summed E-state index contributed by atoms with van der Waals surface area (Å²) in [5, 5.41) is 17.6. The van der Waals surface area contributed by atoms with Crippen molar-refractivity contribution in [3.05, 3.63) is 35.4 Å². The topological polar surface area (TPSA) is 64.3 Å². The van der Waals surface area contributed by atoms with E-state index in [0.717, 1.165) is 0 Å². The van der Waals surface area contributed by atoms with Gasteiger partial charge in [0.15, 0.2) is 0 Å². The van der Waals surface area contributed by atoms with Crippen LogP contribution in [0.15, 0.2) is 24.3 Å². The molecule has 4 heteroatoms. The van der Waals surface area contributed by atoms with Crippen LogP contribution in [0.3, 0.4) is 0 Å². The Morgan fingerprint density at radius 3 is 2.47 bits per heavy atom. The lowest BCUT2D eigenvalue weighted by Crippen LogP contribution is -2.53. The van der Waals surface area contributed by atoms with Gasteiger partial charge in [-0.2, -0.15) is 5.26 Å². The van der Waals surface area contributed by atoms with E-state index < -0.39 is 0 Å². The molecule has 1 aliphatic heterocycles. The first-order valence-corrected chi connectivity index (χ1v) is 4.68. The monoisotopic (exact) mass is 202 g/mol. The standard InChI is InChI=1S/C11H10N2O2/c12-5-8-1-3-9(4-2-8)11(15)13-6-10(14)7-13/h1-4,10,14H,6-7H2. The molecule has 0 bridgehead atoms. The summed E-state index contributed by atoms with van der Waals surface area (Å²) in [5.74, 6) is -0.0928. The van der Waals surface area contributed by atoms with Crippen molar-refractivity contribution in [1.82, 2.24) is 4.90 Å². The van der Waals surface area contributed by atoms with Crippen molar-refractivity contribution in [3.8, 4) is 6.07 Å². The van der Waals surface area contributed by atoms with E-state index in [0.29, 0.717) is 24.2 Å². The fraction of sp³-hybridized carbons (Fsp3) is 0.273. The Morgan fingerprint density at radius 2 is 2.00 bits per heavy atom. The number of hydrogen-bond acceptors (Lipinski definition) is 3. The predicted molar refractivity (Wildman–Crippen MR) is 53.1 cm³/mol. The molecule has 4 nitrogen and oxygen atoms in total. The quantitative estimate of drug-likeness (QED) is 0.715. The van der Waals surface area contributed by atoms with Gasteiger partial charge in [-0.3, -0.25) is 4.79 Å². The first kappa shape index (κ1) is 9.69. The van der Waals surface area contributed by atoms with Gasteiger partial charge in [0.05, 0.1) is 17.7 Å². The first-order chi connectivity index (χ1) is 7.20. The summed E-state index contributed by atoms with van der Waals surface area (Å²) in [6, 6.07) is 8.48. The molecule has 1 aromatic rings. The van der Waals surface area contributed by atoms with Crippen LogP contribution < -0.4 is 0 Å². The van der Waals surface area contributed by atoms with Crippen molar-refractivity contribution in [3.63, 3.8) is 0 Å². The van der Waals surface area contributed by atoms with Crippen LogP contribution >= 0.6 is 0 Å². The molecule has 0 unspecified atom stereocenters. The summed E-state index contributed by atoms with van der Waals surface area (Å²) < 4.78 is 0. The van der Waals surface area contributed by atoms with Crippen LogP contribution in [0.1, 0.15) is 15.9 Å². The number of rotatable bonds is 1. The van der Waals surface area contributed by atoms with Gasteiger partial charge in [-0.05, 0) is 24.3 Å². The van der Waals surface area contributed by atoms with Crippen molar-refractivity contribution in [2.45, 2.75) is 6.10 Å². The molecule has 1 heterocycles. The maximum atomic E-state index is 11.7. The Balaban J connectivity index is 2.10. The van der Waals surface area contributed by atoms with E-state index in [9.17, 15) is 4.79 Å². The van der Waals surface area contributed by atoms with E-state index in [4.69, 9.17) is 10.4 Å². The summed E-state index contributed by atoms with van der Waals surface area (Å²) in [5.41, 5.74) is 1.09. The highest BCUT2D eigenvalue weighted by Crippen LogP contribution is 2.13.